The van der Waals surface area contributed by atoms with Crippen molar-refractivity contribution in [2.24, 2.45) is 5.92 Å². The molecule has 5 rings (SSSR count). The van der Waals surface area contributed by atoms with Gasteiger partial charge >= 0.3 is 0 Å². The molecule has 0 aliphatic carbocycles. The molecular formula is C25H25ClF2N6. The monoisotopic (exact) mass is 482 g/mol. The molecule has 9 heteroatoms. The number of aromatic nitrogens is 4. The molecular weight excluding hydrogens is 458 g/mol. The summed E-state index contributed by atoms with van der Waals surface area (Å²) >= 11 is 6.06. The molecule has 2 aromatic carbocycles. The minimum Gasteiger partial charge on any atom is -0.350 e. The van der Waals surface area contributed by atoms with Gasteiger partial charge in [0.2, 0.25) is 5.95 Å². The highest BCUT2D eigenvalue weighted by Gasteiger charge is 2.21. The summed E-state index contributed by atoms with van der Waals surface area (Å²) in [5.74, 6) is 0.618. The first-order valence-electron chi connectivity index (χ1n) is 11.5. The van der Waals surface area contributed by atoms with E-state index in [2.05, 4.69) is 25.6 Å². The Hall–Kier alpha value is -3.10. The number of fused-ring (bicyclic) bond motifs is 1. The van der Waals surface area contributed by atoms with Gasteiger partial charge in [-0.1, -0.05) is 35.9 Å². The molecule has 1 aliphatic heterocycles. The Morgan fingerprint density at radius 3 is 2.71 bits per heavy atom. The molecule has 176 valence electrons. The maximum Gasteiger partial charge on any atom is 0.225 e. The zero-order chi connectivity index (χ0) is 23.5. The van der Waals surface area contributed by atoms with Crippen LogP contribution in [0, 0.1) is 17.6 Å². The van der Waals surface area contributed by atoms with Crippen LogP contribution in [0.1, 0.15) is 24.8 Å². The van der Waals surface area contributed by atoms with Gasteiger partial charge in [0.05, 0.1) is 16.8 Å². The van der Waals surface area contributed by atoms with Gasteiger partial charge in [-0.3, -0.25) is 0 Å². The molecule has 1 aliphatic rings. The molecule has 0 saturated carbocycles. The van der Waals surface area contributed by atoms with Crippen LogP contribution in [0.25, 0.3) is 22.6 Å². The standard InChI is InChI=1S/C25H25ClF2N6/c26-19-6-3-5-18(22(19)28)23-32-21-15-31-25(30-14-17-4-1-2-7-20(17)27)33-24(21)34(23)13-10-16-8-11-29-12-9-16/h1-7,15-16,29H,8-14H2,(H,30,31,33). The Balaban J connectivity index is 1.50. The topological polar surface area (TPSA) is 67.7 Å². The van der Waals surface area contributed by atoms with E-state index < -0.39 is 5.82 Å². The number of hydrogen-bond donors (Lipinski definition) is 2. The van der Waals surface area contributed by atoms with Gasteiger partial charge in [-0.2, -0.15) is 4.98 Å². The van der Waals surface area contributed by atoms with Crippen molar-refractivity contribution in [2.45, 2.75) is 32.4 Å². The fourth-order valence-electron chi connectivity index (χ4n) is 4.40. The number of aryl methyl sites for hydroxylation is 1. The Morgan fingerprint density at radius 2 is 1.88 bits per heavy atom. The van der Waals surface area contributed by atoms with Crippen molar-refractivity contribution in [2.75, 3.05) is 18.4 Å². The fraction of sp³-hybridized carbons (Fsp3) is 0.320. The predicted molar refractivity (Wildman–Crippen MR) is 130 cm³/mol. The van der Waals surface area contributed by atoms with Gasteiger partial charge in [-0.15, -0.1) is 0 Å². The molecule has 0 radical (unpaired) electrons. The van der Waals surface area contributed by atoms with Crippen LogP contribution in [0.4, 0.5) is 14.7 Å². The Morgan fingerprint density at radius 1 is 1.06 bits per heavy atom. The average molecular weight is 483 g/mol. The predicted octanol–water partition coefficient (Wildman–Crippen LogP) is 5.43. The summed E-state index contributed by atoms with van der Waals surface area (Å²) in [4.78, 5) is 13.7. The summed E-state index contributed by atoms with van der Waals surface area (Å²) < 4.78 is 30.9. The van der Waals surface area contributed by atoms with E-state index in [1.807, 2.05) is 4.57 Å². The highest BCUT2D eigenvalue weighted by molar-refractivity contribution is 6.31. The highest BCUT2D eigenvalue weighted by Crippen LogP contribution is 2.31. The maximum absolute atomic E-state index is 14.9. The summed E-state index contributed by atoms with van der Waals surface area (Å²) in [7, 11) is 0. The number of imidazole rings is 1. The van der Waals surface area contributed by atoms with E-state index in [0.29, 0.717) is 46.5 Å². The normalized spacial score (nSPS) is 14.6. The number of benzene rings is 2. The minimum atomic E-state index is -0.506. The molecule has 0 amide bonds. The van der Waals surface area contributed by atoms with Gasteiger partial charge in [-0.25, -0.2) is 18.7 Å². The number of piperidine rings is 1. The van der Waals surface area contributed by atoms with Gasteiger partial charge in [0.25, 0.3) is 0 Å². The van der Waals surface area contributed by atoms with Crippen molar-refractivity contribution in [3.8, 4) is 11.4 Å². The van der Waals surface area contributed by atoms with E-state index in [9.17, 15) is 8.78 Å². The smallest absolute Gasteiger partial charge is 0.225 e. The molecule has 0 bridgehead atoms. The zero-order valence-corrected chi connectivity index (χ0v) is 19.3. The first-order chi connectivity index (χ1) is 16.6. The van der Waals surface area contributed by atoms with Crippen molar-refractivity contribution < 1.29 is 8.78 Å². The van der Waals surface area contributed by atoms with Gasteiger partial charge < -0.3 is 15.2 Å². The SMILES string of the molecule is Fc1ccccc1CNc1ncc2nc(-c3cccc(Cl)c3F)n(CCC3CCNCC3)c2n1. The molecule has 2 N–H and O–H groups in total. The van der Waals surface area contributed by atoms with Crippen LogP contribution in [0.5, 0.6) is 0 Å². The molecule has 0 atom stereocenters. The first kappa shape index (κ1) is 22.7. The quantitative estimate of drug-likeness (QED) is 0.368. The van der Waals surface area contributed by atoms with Crippen LogP contribution < -0.4 is 10.6 Å². The third-order valence-corrected chi connectivity index (χ3v) is 6.59. The fourth-order valence-corrected chi connectivity index (χ4v) is 4.57. The van der Waals surface area contributed by atoms with Gasteiger partial charge in [-0.05, 0) is 56.5 Å². The Kier molecular flexibility index (Phi) is 6.69. The van der Waals surface area contributed by atoms with Crippen LogP contribution in [0.3, 0.4) is 0 Å². The van der Waals surface area contributed by atoms with Gasteiger partial charge in [0.1, 0.15) is 17.2 Å². The van der Waals surface area contributed by atoms with Crippen molar-refractivity contribution in [3.63, 3.8) is 0 Å². The summed E-state index contributed by atoms with van der Waals surface area (Å²) in [6.07, 6.45) is 4.76. The number of anilines is 1. The van der Waals surface area contributed by atoms with Crippen molar-refractivity contribution in [1.29, 1.82) is 0 Å². The second-order valence-corrected chi connectivity index (χ2v) is 8.93. The first-order valence-corrected chi connectivity index (χ1v) is 11.8. The van der Waals surface area contributed by atoms with Crippen LogP contribution in [-0.2, 0) is 13.1 Å². The van der Waals surface area contributed by atoms with Crippen LogP contribution >= 0.6 is 11.6 Å². The van der Waals surface area contributed by atoms with Crippen molar-refractivity contribution in [3.05, 3.63) is 70.9 Å². The molecule has 0 unspecified atom stereocenters. The lowest BCUT2D eigenvalue weighted by Gasteiger charge is -2.23. The zero-order valence-electron chi connectivity index (χ0n) is 18.6. The van der Waals surface area contributed by atoms with Gasteiger partial charge in [0, 0.05) is 18.7 Å². The maximum atomic E-state index is 14.9. The largest absolute Gasteiger partial charge is 0.350 e. The highest BCUT2D eigenvalue weighted by atomic mass is 35.5. The lowest BCUT2D eigenvalue weighted by Crippen LogP contribution is -2.28. The molecule has 1 fully saturated rings. The molecule has 4 aromatic rings. The minimum absolute atomic E-state index is 0.0489. The molecule has 2 aromatic heterocycles. The number of nitrogens with one attached hydrogen (secondary N) is 2. The van der Waals surface area contributed by atoms with E-state index in [4.69, 9.17) is 11.6 Å². The molecule has 34 heavy (non-hydrogen) atoms. The van der Waals surface area contributed by atoms with Crippen LogP contribution in [0.15, 0.2) is 48.7 Å². The number of hydrogen-bond acceptors (Lipinski definition) is 5. The molecule has 6 nitrogen and oxygen atoms in total. The van der Waals surface area contributed by atoms with Gasteiger partial charge in [0.15, 0.2) is 11.5 Å². The van der Waals surface area contributed by atoms with E-state index in [1.165, 1.54) is 12.1 Å². The Labute approximate surface area is 201 Å². The number of rotatable bonds is 7. The second kappa shape index (κ2) is 10.0. The van der Waals surface area contributed by atoms with E-state index in [1.54, 1.807) is 36.5 Å². The van der Waals surface area contributed by atoms with Crippen LogP contribution in [-0.4, -0.2) is 32.6 Å². The number of halogens is 3. The molecule has 1 saturated heterocycles. The van der Waals surface area contributed by atoms with E-state index in [-0.39, 0.29) is 17.4 Å². The van der Waals surface area contributed by atoms with Crippen molar-refractivity contribution >= 4 is 28.7 Å². The van der Waals surface area contributed by atoms with Crippen molar-refractivity contribution in [1.82, 2.24) is 24.8 Å². The average Bonchev–Trinajstić information content (AvgIpc) is 3.22. The molecule has 0 spiro atoms. The molecule has 3 heterocycles. The van der Waals surface area contributed by atoms with Crippen LogP contribution in [0.2, 0.25) is 5.02 Å². The Bertz CT molecular complexity index is 1300. The number of nitrogens with zero attached hydrogens (tertiary/aromatic N) is 4. The third kappa shape index (κ3) is 4.74. The summed E-state index contributed by atoms with van der Waals surface area (Å²) in [6.45, 7) is 2.91. The summed E-state index contributed by atoms with van der Waals surface area (Å²) in [5.41, 5.74) is 2.02. The third-order valence-electron chi connectivity index (χ3n) is 6.29. The summed E-state index contributed by atoms with van der Waals surface area (Å²) in [6, 6.07) is 11.5. The van der Waals surface area contributed by atoms with E-state index >= 15 is 0 Å². The lowest BCUT2D eigenvalue weighted by atomic mass is 9.95. The second-order valence-electron chi connectivity index (χ2n) is 8.52. The summed E-state index contributed by atoms with van der Waals surface area (Å²) in [5, 5.41) is 6.53. The van der Waals surface area contributed by atoms with E-state index in [0.717, 1.165) is 32.4 Å². The lowest BCUT2D eigenvalue weighted by molar-refractivity contribution is 0.339.